The van der Waals surface area contributed by atoms with E-state index >= 15 is 0 Å². The Hall–Kier alpha value is -1.01. The van der Waals surface area contributed by atoms with Crippen LogP contribution in [0, 0.1) is 5.92 Å². The molecule has 0 atom stereocenters. The van der Waals surface area contributed by atoms with Gasteiger partial charge in [-0.25, -0.2) is 4.79 Å². The predicted octanol–water partition coefficient (Wildman–Crippen LogP) is 1.67. The summed E-state index contributed by atoms with van der Waals surface area (Å²) in [6, 6.07) is 0. The van der Waals surface area contributed by atoms with E-state index in [1.807, 2.05) is 19.9 Å². The van der Waals surface area contributed by atoms with E-state index in [9.17, 15) is 4.79 Å². The fourth-order valence-corrected chi connectivity index (χ4v) is 0.833. The van der Waals surface area contributed by atoms with Crippen LogP contribution in [0.2, 0.25) is 0 Å². The molecule has 0 unspecified atom stereocenters. The molecule has 0 aromatic rings. The SMILES string of the molecule is CC(C)C=C=C1CCOC1=O. The molecular formula is C9H12O2. The maximum atomic E-state index is 10.8. The summed E-state index contributed by atoms with van der Waals surface area (Å²) in [6.45, 7) is 4.62. The highest BCUT2D eigenvalue weighted by Crippen LogP contribution is 2.11. The molecule has 0 aliphatic carbocycles. The highest BCUT2D eigenvalue weighted by atomic mass is 16.5. The van der Waals surface area contributed by atoms with Crippen molar-refractivity contribution in [1.29, 1.82) is 0 Å². The molecule has 11 heavy (non-hydrogen) atoms. The summed E-state index contributed by atoms with van der Waals surface area (Å²) in [5, 5.41) is 0. The van der Waals surface area contributed by atoms with Crippen molar-refractivity contribution < 1.29 is 9.53 Å². The summed E-state index contributed by atoms with van der Waals surface area (Å²) in [6.07, 6.45) is 2.60. The van der Waals surface area contributed by atoms with Gasteiger partial charge >= 0.3 is 5.97 Å². The fourth-order valence-electron chi connectivity index (χ4n) is 0.833. The predicted molar refractivity (Wildman–Crippen MR) is 42.0 cm³/mol. The molecule has 0 aromatic carbocycles. The third kappa shape index (κ3) is 2.24. The molecule has 1 heterocycles. The van der Waals surface area contributed by atoms with Crippen molar-refractivity contribution >= 4 is 5.97 Å². The van der Waals surface area contributed by atoms with Crippen LogP contribution in [0.5, 0.6) is 0 Å². The van der Waals surface area contributed by atoms with E-state index in [0.717, 1.165) is 0 Å². The normalized spacial score (nSPS) is 16.6. The number of hydrogen-bond acceptors (Lipinski definition) is 2. The highest BCUT2D eigenvalue weighted by Gasteiger charge is 2.17. The van der Waals surface area contributed by atoms with E-state index in [-0.39, 0.29) is 5.97 Å². The van der Waals surface area contributed by atoms with Gasteiger partial charge in [0.2, 0.25) is 0 Å². The van der Waals surface area contributed by atoms with E-state index in [2.05, 4.69) is 5.73 Å². The van der Waals surface area contributed by atoms with Crippen molar-refractivity contribution in [3.8, 4) is 0 Å². The first-order valence-corrected chi connectivity index (χ1v) is 3.83. The minimum Gasteiger partial charge on any atom is -0.461 e. The van der Waals surface area contributed by atoms with Gasteiger partial charge < -0.3 is 4.74 Å². The van der Waals surface area contributed by atoms with Crippen LogP contribution in [-0.4, -0.2) is 12.6 Å². The topological polar surface area (TPSA) is 26.3 Å². The maximum Gasteiger partial charge on any atom is 0.341 e. The first-order chi connectivity index (χ1) is 5.20. The molecule has 0 N–H and O–H groups in total. The Balaban J connectivity index is 2.72. The third-order valence-electron chi connectivity index (χ3n) is 1.42. The van der Waals surface area contributed by atoms with Gasteiger partial charge in [0.05, 0.1) is 12.2 Å². The quantitative estimate of drug-likeness (QED) is 0.324. The summed E-state index contributed by atoms with van der Waals surface area (Å²) in [4.78, 5) is 10.8. The second-order valence-corrected chi connectivity index (χ2v) is 2.92. The molecule has 0 bridgehead atoms. The standard InChI is InChI=1S/C9H12O2/c1-7(2)3-4-8-5-6-11-9(8)10/h3,7H,5-6H2,1-2H3. The lowest BCUT2D eigenvalue weighted by molar-refractivity contribution is -0.135. The van der Waals surface area contributed by atoms with Gasteiger partial charge in [-0.05, 0) is 12.0 Å². The summed E-state index contributed by atoms with van der Waals surface area (Å²) in [5.74, 6) is 0.234. The Morgan fingerprint density at radius 1 is 1.64 bits per heavy atom. The molecule has 60 valence electrons. The van der Waals surface area contributed by atoms with Crippen molar-refractivity contribution in [1.82, 2.24) is 0 Å². The van der Waals surface area contributed by atoms with E-state index in [1.54, 1.807) is 0 Å². The summed E-state index contributed by atoms with van der Waals surface area (Å²) < 4.78 is 4.74. The first-order valence-electron chi connectivity index (χ1n) is 3.83. The zero-order valence-electron chi connectivity index (χ0n) is 6.89. The molecule has 1 saturated heterocycles. The van der Waals surface area contributed by atoms with Crippen molar-refractivity contribution in [3.05, 3.63) is 17.4 Å². The van der Waals surface area contributed by atoms with Crippen LogP contribution in [0.4, 0.5) is 0 Å². The Labute approximate surface area is 66.5 Å². The molecule has 1 aliphatic heterocycles. The Bertz CT molecular complexity index is 220. The van der Waals surface area contributed by atoms with Gasteiger partial charge in [0.25, 0.3) is 0 Å². The van der Waals surface area contributed by atoms with Gasteiger partial charge in [0, 0.05) is 6.42 Å². The molecular weight excluding hydrogens is 140 g/mol. The van der Waals surface area contributed by atoms with E-state index in [4.69, 9.17) is 4.74 Å². The lowest BCUT2D eigenvalue weighted by Gasteiger charge is -1.88. The lowest BCUT2D eigenvalue weighted by atomic mass is 10.2. The lowest BCUT2D eigenvalue weighted by Crippen LogP contribution is -1.93. The Kier molecular flexibility index (Phi) is 2.50. The largest absolute Gasteiger partial charge is 0.461 e. The first kappa shape index (κ1) is 8.09. The third-order valence-corrected chi connectivity index (χ3v) is 1.42. The number of ether oxygens (including phenoxy) is 1. The van der Waals surface area contributed by atoms with Crippen LogP contribution in [0.3, 0.4) is 0 Å². The fraction of sp³-hybridized carbons (Fsp3) is 0.556. The molecule has 0 aromatic heterocycles. The zero-order chi connectivity index (χ0) is 8.27. The van der Waals surface area contributed by atoms with Crippen molar-refractivity contribution in [2.75, 3.05) is 6.61 Å². The molecule has 0 spiro atoms. The second kappa shape index (κ2) is 3.40. The smallest absolute Gasteiger partial charge is 0.341 e. The minimum atomic E-state index is -0.207. The molecule has 2 heteroatoms. The zero-order valence-corrected chi connectivity index (χ0v) is 6.89. The van der Waals surface area contributed by atoms with E-state index < -0.39 is 0 Å². The van der Waals surface area contributed by atoms with Gasteiger partial charge in [-0.2, -0.15) is 0 Å². The van der Waals surface area contributed by atoms with Crippen molar-refractivity contribution in [2.24, 2.45) is 5.92 Å². The molecule has 1 fully saturated rings. The summed E-state index contributed by atoms with van der Waals surface area (Å²) >= 11 is 0. The van der Waals surface area contributed by atoms with Crippen LogP contribution in [0.15, 0.2) is 17.4 Å². The maximum absolute atomic E-state index is 10.8. The Morgan fingerprint density at radius 2 is 2.36 bits per heavy atom. The number of cyclic esters (lactones) is 1. The number of carbonyl (C=O) groups excluding carboxylic acids is 1. The number of hydrogen-bond donors (Lipinski definition) is 0. The summed E-state index contributed by atoms with van der Waals surface area (Å²) in [7, 11) is 0. The molecule has 2 nitrogen and oxygen atoms in total. The average Bonchev–Trinajstić information content (AvgIpc) is 2.31. The Morgan fingerprint density at radius 3 is 2.82 bits per heavy atom. The minimum absolute atomic E-state index is 0.207. The number of rotatable bonds is 1. The second-order valence-electron chi connectivity index (χ2n) is 2.92. The number of esters is 1. The molecule has 0 radical (unpaired) electrons. The molecule has 1 rings (SSSR count). The highest BCUT2D eigenvalue weighted by molar-refractivity contribution is 5.89. The average molecular weight is 152 g/mol. The van der Waals surface area contributed by atoms with Gasteiger partial charge in [-0.1, -0.05) is 13.8 Å². The van der Waals surface area contributed by atoms with Gasteiger partial charge in [-0.15, -0.1) is 5.73 Å². The van der Waals surface area contributed by atoms with Gasteiger partial charge in [-0.3, -0.25) is 0 Å². The van der Waals surface area contributed by atoms with Crippen LogP contribution in [-0.2, 0) is 9.53 Å². The molecule has 0 saturated carbocycles. The van der Waals surface area contributed by atoms with Crippen LogP contribution >= 0.6 is 0 Å². The molecule has 1 aliphatic rings. The summed E-state index contributed by atoms with van der Waals surface area (Å²) in [5.41, 5.74) is 3.63. The van der Waals surface area contributed by atoms with Crippen LogP contribution in [0.1, 0.15) is 20.3 Å². The van der Waals surface area contributed by atoms with Crippen LogP contribution < -0.4 is 0 Å². The number of carbonyl (C=O) groups is 1. The molecule has 0 amide bonds. The monoisotopic (exact) mass is 152 g/mol. The van der Waals surface area contributed by atoms with Crippen LogP contribution in [0.25, 0.3) is 0 Å². The van der Waals surface area contributed by atoms with E-state index in [0.29, 0.717) is 24.5 Å². The van der Waals surface area contributed by atoms with Gasteiger partial charge in [0.1, 0.15) is 0 Å². The van der Waals surface area contributed by atoms with Crippen molar-refractivity contribution in [3.63, 3.8) is 0 Å². The van der Waals surface area contributed by atoms with Crippen molar-refractivity contribution in [2.45, 2.75) is 20.3 Å². The van der Waals surface area contributed by atoms with Gasteiger partial charge in [0.15, 0.2) is 0 Å². The van der Waals surface area contributed by atoms with E-state index in [1.165, 1.54) is 0 Å².